The quantitative estimate of drug-likeness (QED) is 0.741. The number of hydrogen-bond acceptors (Lipinski definition) is 2. The molecule has 0 atom stereocenters. The molecule has 0 unspecified atom stereocenters. The second kappa shape index (κ2) is 5.88. The molecule has 2 nitrogen and oxygen atoms in total. The predicted octanol–water partition coefficient (Wildman–Crippen LogP) is 4.77. The molecule has 0 saturated carbocycles. The molecule has 3 aromatic rings. The van der Waals surface area contributed by atoms with Gasteiger partial charge < -0.3 is 10.1 Å². The van der Waals surface area contributed by atoms with E-state index in [9.17, 15) is 0 Å². The molecule has 0 saturated heterocycles. The minimum Gasteiger partial charge on any atom is -0.496 e. The largest absolute Gasteiger partial charge is 0.496 e. The van der Waals surface area contributed by atoms with E-state index in [1.807, 2.05) is 6.07 Å². The summed E-state index contributed by atoms with van der Waals surface area (Å²) < 4.78 is 5.29. The van der Waals surface area contributed by atoms with Crippen molar-refractivity contribution in [2.75, 3.05) is 12.4 Å². The van der Waals surface area contributed by atoms with Crippen molar-refractivity contribution in [3.63, 3.8) is 0 Å². The molecule has 0 aliphatic rings. The van der Waals surface area contributed by atoms with Crippen LogP contribution in [0.3, 0.4) is 0 Å². The van der Waals surface area contributed by atoms with Crippen molar-refractivity contribution in [2.45, 2.75) is 13.5 Å². The SMILES string of the molecule is COc1ccc(NCc2cccc3ccccc23)cc1C. The van der Waals surface area contributed by atoms with Gasteiger partial charge in [-0.15, -0.1) is 0 Å². The van der Waals surface area contributed by atoms with Crippen LogP contribution < -0.4 is 10.1 Å². The summed E-state index contributed by atoms with van der Waals surface area (Å²) >= 11 is 0. The lowest BCUT2D eigenvalue weighted by molar-refractivity contribution is 0.412. The first-order chi connectivity index (χ1) is 10.3. The Kier molecular flexibility index (Phi) is 3.78. The molecule has 0 radical (unpaired) electrons. The third-order valence-corrected chi connectivity index (χ3v) is 3.76. The average molecular weight is 277 g/mol. The normalized spacial score (nSPS) is 10.6. The van der Waals surface area contributed by atoms with Gasteiger partial charge >= 0.3 is 0 Å². The van der Waals surface area contributed by atoms with E-state index in [2.05, 4.69) is 66.8 Å². The highest BCUT2D eigenvalue weighted by atomic mass is 16.5. The van der Waals surface area contributed by atoms with E-state index in [0.29, 0.717) is 0 Å². The molecule has 0 fully saturated rings. The lowest BCUT2D eigenvalue weighted by Crippen LogP contribution is -2.00. The Labute approximate surface area is 125 Å². The zero-order valence-corrected chi connectivity index (χ0v) is 12.4. The fourth-order valence-corrected chi connectivity index (χ4v) is 2.63. The molecule has 3 aromatic carbocycles. The van der Waals surface area contributed by atoms with Crippen molar-refractivity contribution in [2.24, 2.45) is 0 Å². The Morgan fingerprint density at radius 2 is 1.76 bits per heavy atom. The summed E-state index contributed by atoms with van der Waals surface area (Å²) in [4.78, 5) is 0. The molecule has 0 aliphatic carbocycles. The highest BCUT2D eigenvalue weighted by Crippen LogP contribution is 2.23. The summed E-state index contributed by atoms with van der Waals surface area (Å²) in [5.41, 5.74) is 3.56. The minimum absolute atomic E-state index is 0.813. The highest BCUT2D eigenvalue weighted by molar-refractivity contribution is 5.85. The van der Waals surface area contributed by atoms with Gasteiger partial charge in [0.15, 0.2) is 0 Å². The monoisotopic (exact) mass is 277 g/mol. The fraction of sp³-hybridized carbons (Fsp3) is 0.158. The van der Waals surface area contributed by atoms with Gasteiger partial charge in [0.05, 0.1) is 7.11 Å². The van der Waals surface area contributed by atoms with Gasteiger partial charge in [-0.1, -0.05) is 42.5 Å². The maximum absolute atomic E-state index is 5.29. The van der Waals surface area contributed by atoms with Crippen molar-refractivity contribution >= 4 is 16.5 Å². The summed E-state index contributed by atoms with van der Waals surface area (Å²) in [6.45, 7) is 2.87. The lowest BCUT2D eigenvalue weighted by atomic mass is 10.0. The van der Waals surface area contributed by atoms with Gasteiger partial charge in [0, 0.05) is 12.2 Å². The number of benzene rings is 3. The zero-order chi connectivity index (χ0) is 14.7. The molecule has 3 rings (SSSR count). The van der Waals surface area contributed by atoms with Crippen LogP contribution in [0, 0.1) is 6.92 Å². The fourth-order valence-electron chi connectivity index (χ4n) is 2.63. The van der Waals surface area contributed by atoms with Crippen LogP contribution in [0.4, 0.5) is 5.69 Å². The first kappa shape index (κ1) is 13.5. The van der Waals surface area contributed by atoms with Gasteiger partial charge in [0.1, 0.15) is 5.75 Å². The van der Waals surface area contributed by atoms with E-state index in [-0.39, 0.29) is 0 Å². The number of methoxy groups -OCH3 is 1. The van der Waals surface area contributed by atoms with E-state index in [1.165, 1.54) is 16.3 Å². The van der Waals surface area contributed by atoms with Crippen LogP contribution in [0.2, 0.25) is 0 Å². The molecule has 21 heavy (non-hydrogen) atoms. The van der Waals surface area contributed by atoms with E-state index in [1.54, 1.807) is 7.11 Å². The van der Waals surface area contributed by atoms with Gasteiger partial charge in [-0.2, -0.15) is 0 Å². The molecule has 0 aromatic heterocycles. The third kappa shape index (κ3) is 2.84. The second-order valence-electron chi connectivity index (χ2n) is 5.18. The first-order valence-corrected chi connectivity index (χ1v) is 7.13. The molecular weight excluding hydrogens is 258 g/mol. The second-order valence-corrected chi connectivity index (χ2v) is 5.18. The van der Waals surface area contributed by atoms with E-state index in [4.69, 9.17) is 4.74 Å². The van der Waals surface area contributed by atoms with Crippen molar-refractivity contribution in [3.05, 3.63) is 71.8 Å². The number of aryl methyl sites for hydroxylation is 1. The number of ether oxygens (including phenoxy) is 1. The van der Waals surface area contributed by atoms with E-state index >= 15 is 0 Å². The van der Waals surface area contributed by atoms with Crippen LogP contribution in [0.1, 0.15) is 11.1 Å². The first-order valence-electron chi connectivity index (χ1n) is 7.13. The van der Waals surface area contributed by atoms with Gasteiger partial charge in [0.25, 0.3) is 0 Å². The Hall–Kier alpha value is -2.48. The summed E-state index contributed by atoms with van der Waals surface area (Å²) in [7, 11) is 1.70. The summed E-state index contributed by atoms with van der Waals surface area (Å²) in [5.74, 6) is 0.922. The maximum atomic E-state index is 5.29. The van der Waals surface area contributed by atoms with Crippen LogP contribution in [0.5, 0.6) is 5.75 Å². The van der Waals surface area contributed by atoms with Crippen molar-refractivity contribution in [1.29, 1.82) is 0 Å². The zero-order valence-electron chi connectivity index (χ0n) is 12.4. The smallest absolute Gasteiger partial charge is 0.121 e. The van der Waals surface area contributed by atoms with Crippen molar-refractivity contribution in [1.82, 2.24) is 0 Å². The third-order valence-electron chi connectivity index (χ3n) is 3.76. The van der Waals surface area contributed by atoms with Crippen LogP contribution in [0.15, 0.2) is 60.7 Å². The van der Waals surface area contributed by atoms with E-state index < -0.39 is 0 Å². The summed E-state index contributed by atoms with van der Waals surface area (Å²) in [6, 6.07) is 21.1. The molecule has 1 N–H and O–H groups in total. The van der Waals surface area contributed by atoms with Crippen LogP contribution in [-0.4, -0.2) is 7.11 Å². The molecule has 106 valence electrons. The van der Waals surface area contributed by atoms with Crippen LogP contribution >= 0.6 is 0 Å². The summed E-state index contributed by atoms with van der Waals surface area (Å²) in [5, 5.41) is 6.07. The Morgan fingerprint density at radius 1 is 0.952 bits per heavy atom. The summed E-state index contributed by atoms with van der Waals surface area (Å²) in [6.07, 6.45) is 0. The molecule has 0 spiro atoms. The van der Waals surface area contributed by atoms with Gasteiger partial charge in [-0.05, 0) is 47.0 Å². The number of rotatable bonds is 4. The minimum atomic E-state index is 0.813. The number of hydrogen-bond donors (Lipinski definition) is 1. The molecule has 0 heterocycles. The molecule has 0 bridgehead atoms. The average Bonchev–Trinajstić information content (AvgIpc) is 2.53. The highest BCUT2D eigenvalue weighted by Gasteiger charge is 2.02. The van der Waals surface area contributed by atoms with Crippen molar-refractivity contribution in [3.8, 4) is 5.75 Å². The Bertz CT molecular complexity index is 759. The standard InChI is InChI=1S/C19H19NO/c1-14-12-17(10-11-19(14)21-2)20-13-16-8-5-7-15-6-3-4-9-18(15)16/h3-12,20H,13H2,1-2H3. The topological polar surface area (TPSA) is 21.3 Å². The van der Waals surface area contributed by atoms with E-state index in [0.717, 1.165) is 23.5 Å². The number of nitrogens with one attached hydrogen (secondary N) is 1. The van der Waals surface area contributed by atoms with Gasteiger partial charge in [0.2, 0.25) is 0 Å². The molecule has 0 amide bonds. The van der Waals surface area contributed by atoms with Crippen LogP contribution in [-0.2, 0) is 6.54 Å². The maximum Gasteiger partial charge on any atom is 0.121 e. The molecular formula is C19H19NO. The molecule has 0 aliphatic heterocycles. The van der Waals surface area contributed by atoms with Crippen LogP contribution in [0.25, 0.3) is 10.8 Å². The van der Waals surface area contributed by atoms with Crippen molar-refractivity contribution < 1.29 is 4.74 Å². The predicted molar refractivity (Wildman–Crippen MR) is 89.0 cm³/mol. The molecule has 2 heteroatoms. The van der Waals surface area contributed by atoms with Gasteiger partial charge in [-0.3, -0.25) is 0 Å². The number of anilines is 1. The lowest BCUT2D eigenvalue weighted by Gasteiger charge is -2.11. The van der Waals surface area contributed by atoms with Gasteiger partial charge in [-0.25, -0.2) is 0 Å². The number of fused-ring (bicyclic) bond motifs is 1. The Balaban J connectivity index is 1.82. The Morgan fingerprint density at radius 3 is 2.57 bits per heavy atom.